The van der Waals surface area contributed by atoms with Crippen LogP contribution in [0.2, 0.25) is 0 Å². The smallest absolute Gasteiger partial charge is 0.270 e. The molecule has 5 nitrogen and oxygen atoms in total. The Kier molecular flexibility index (Phi) is 4.14. The molecule has 3 aromatic rings. The van der Waals surface area contributed by atoms with Gasteiger partial charge in [-0.15, -0.1) is 0 Å². The Hall–Kier alpha value is -2.69. The maximum atomic E-state index is 10.8. The minimum absolute atomic E-state index is 0.108. The van der Waals surface area contributed by atoms with Crippen LogP contribution in [0.5, 0.6) is 0 Å². The second-order valence-electron chi connectivity index (χ2n) is 5.34. The number of fused-ring (bicyclic) bond motifs is 1. The topological polar surface area (TPSA) is 61.0 Å². The average molecular weight is 295 g/mol. The van der Waals surface area contributed by atoms with Gasteiger partial charge >= 0.3 is 0 Å². The number of non-ortho nitro benzene ring substituents is 1. The molecular formula is C17H17N3O2. The summed E-state index contributed by atoms with van der Waals surface area (Å²) >= 11 is 0. The number of benzene rings is 2. The summed E-state index contributed by atoms with van der Waals surface area (Å²) in [5, 5.41) is 16.0. The maximum Gasteiger partial charge on any atom is 0.270 e. The summed E-state index contributed by atoms with van der Waals surface area (Å²) in [5.74, 6) is 0. The van der Waals surface area contributed by atoms with Gasteiger partial charge in [-0.2, -0.15) is 5.10 Å². The number of hydrogen-bond donors (Lipinski definition) is 0. The number of rotatable bonds is 6. The van der Waals surface area contributed by atoms with Crippen molar-refractivity contribution >= 4 is 16.6 Å². The molecule has 0 fully saturated rings. The number of unbranched alkanes of at least 4 members (excludes halogenated alkanes) is 1. The van der Waals surface area contributed by atoms with Gasteiger partial charge in [-0.3, -0.25) is 14.8 Å². The molecule has 0 saturated heterocycles. The Labute approximate surface area is 128 Å². The van der Waals surface area contributed by atoms with E-state index in [1.807, 2.05) is 16.9 Å². The summed E-state index contributed by atoms with van der Waals surface area (Å²) < 4.78 is 1.87. The molecular weight excluding hydrogens is 278 g/mol. The SMILES string of the molecule is O=[N+]([O-])c1ccc2nn(CCCCc3ccccc3)cc2c1. The zero-order chi connectivity index (χ0) is 15.4. The molecule has 22 heavy (non-hydrogen) atoms. The van der Waals surface area contributed by atoms with Crippen LogP contribution in [0.25, 0.3) is 10.9 Å². The molecule has 0 N–H and O–H groups in total. The van der Waals surface area contributed by atoms with E-state index in [0.717, 1.165) is 36.7 Å². The Morgan fingerprint density at radius 2 is 1.91 bits per heavy atom. The van der Waals surface area contributed by atoms with Crippen molar-refractivity contribution in [2.24, 2.45) is 0 Å². The molecule has 1 heterocycles. The van der Waals surface area contributed by atoms with Crippen molar-refractivity contribution in [2.75, 3.05) is 0 Å². The van der Waals surface area contributed by atoms with Gasteiger partial charge < -0.3 is 0 Å². The lowest BCUT2D eigenvalue weighted by molar-refractivity contribution is -0.384. The lowest BCUT2D eigenvalue weighted by atomic mass is 10.1. The molecule has 3 rings (SSSR count). The first kappa shape index (κ1) is 14.3. The highest BCUT2D eigenvalue weighted by Gasteiger charge is 2.08. The number of nitro benzene ring substituents is 1. The van der Waals surface area contributed by atoms with Gasteiger partial charge in [-0.25, -0.2) is 0 Å². The fourth-order valence-corrected chi connectivity index (χ4v) is 2.54. The second-order valence-corrected chi connectivity index (χ2v) is 5.34. The molecule has 5 heteroatoms. The van der Waals surface area contributed by atoms with Crippen molar-refractivity contribution in [3.05, 3.63) is 70.4 Å². The predicted molar refractivity (Wildman–Crippen MR) is 85.8 cm³/mol. The van der Waals surface area contributed by atoms with E-state index in [1.165, 1.54) is 11.6 Å². The molecule has 0 amide bonds. The molecule has 0 aliphatic heterocycles. The number of nitrogens with zero attached hydrogens (tertiary/aromatic N) is 3. The molecule has 0 atom stereocenters. The Bertz CT molecular complexity index is 781. The van der Waals surface area contributed by atoms with Crippen LogP contribution in [0.4, 0.5) is 5.69 Å². The standard InChI is InChI=1S/C17H17N3O2/c21-20(22)16-9-10-17-15(12-16)13-19(18-17)11-5-4-8-14-6-2-1-3-7-14/h1-3,6-7,9-10,12-13H,4-5,8,11H2. The Morgan fingerprint density at radius 1 is 1.09 bits per heavy atom. The summed E-state index contributed by atoms with van der Waals surface area (Å²) in [7, 11) is 0. The second kappa shape index (κ2) is 6.39. The van der Waals surface area contributed by atoms with Crippen molar-refractivity contribution in [1.82, 2.24) is 9.78 Å². The highest BCUT2D eigenvalue weighted by Crippen LogP contribution is 2.19. The Balaban J connectivity index is 1.58. The molecule has 2 aromatic carbocycles. The van der Waals surface area contributed by atoms with Crippen molar-refractivity contribution in [2.45, 2.75) is 25.8 Å². The fraction of sp³-hybridized carbons (Fsp3) is 0.235. The molecule has 0 spiro atoms. The molecule has 0 saturated carbocycles. The summed E-state index contributed by atoms with van der Waals surface area (Å²) in [6.45, 7) is 0.829. The maximum absolute atomic E-state index is 10.8. The fourth-order valence-electron chi connectivity index (χ4n) is 2.54. The monoisotopic (exact) mass is 295 g/mol. The predicted octanol–water partition coefficient (Wildman–Crippen LogP) is 3.97. The third-order valence-corrected chi connectivity index (χ3v) is 3.69. The van der Waals surface area contributed by atoms with Crippen LogP contribution in [0, 0.1) is 10.1 Å². The van der Waals surface area contributed by atoms with Crippen molar-refractivity contribution < 1.29 is 4.92 Å². The highest BCUT2D eigenvalue weighted by molar-refractivity contribution is 5.80. The first-order chi connectivity index (χ1) is 10.7. The van der Waals surface area contributed by atoms with Crippen LogP contribution in [0.3, 0.4) is 0 Å². The number of aryl methyl sites for hydroxylation is 2. The minimum atomic E-state index is -0.378. The van der Waals surface area contributed by atoms with Gasteiger partial charge in [-0.05, 0) is 30.9 Å². The van der Waals surface area contributed by atoms with Crippen LogP contribution in [-0.4, -0.2) is 14.7 Å². The van der Waals surface area contributed by atoms with E-state index in [0.29, 0.717) is 0 Å². The minimum Gasteiger partial charge on any atom is -0.272 e. The molecule has 112 valence electrons. The zero-order valence-electron chi connectivity index (χ0n) is 12.2. The number of hydrogen-bond acceptors (Lipinski definition) is 3. The summed E-state index contributed by atoms with van der Waals surface area (Å²) in [5.41, 5.74) is 2.26. The lowest BCUT2D eigenvalue weighted by Crippen LogP contribution is -1.98. The zero-order valence-corrected chi connectivity index (χ0v) is 12.2. The summed E-state index contributed by atoms with van der Waals surface area (Å²) in [6, 6.07) is 15.2. The first-order valence-electron chi connectivity index (χ1n) is 7.38. The molecule has 1 aromatic heterocycles. The number of aromatic nitrogens is 2. The average Bonchev–Trinajstić information content (AvgIpc) is 2.94. The van der Waals surface area contributed by atoms with Gasteiger partial charge in [0.2, 0.25) is 0 Å². The third-order valence-electron chi connectivity index (χ3n) is 3.69. The van der Waals surface area contributed by atoms with E-state index in [4.69, 9.17) is 0 Å². The lowest BCUT2D eigenvalue weighted by Gasteiger charge is -2.02. The van der Waals surface area contributed by atoms with Crippen LogP contribution in [0.15, 0.2) is 54.7 Å². The van der Waals surface area contributed by atoms with Gasteiger partial charge in [0, 0.05) is 30.3 Å². The van der Waals surface area contributed by atoms with E-state index in [9.17, 15) is 10.1 Å². The number of nitro groups is 1. The van der Waals surface area contributed by atoms with Crippen molar-refractivity contribution in [1.29, 1.82) is 0 Å². The normalized spacial score (nSPS) is 10.9. The van der Waals surface area contributed by atoms with Gasteiger partial charge in [0.05, 0.1) is 10.4 Å². The van der Waals surface area contributed by atoms with E-state index in [-0.39, 0.29) is 10.6 Å². The van der Waals surface area contributed by atoms with Crippen molar-refractivity contribution in [3.63, 3.8) is 0 Å². The molecule has 0 bridgehead atoms. The van der Waals surface area contributed by atoms with Crippen LogP contribution < -0.4 is 0 Å². The van der Waals surface area contributed by atoms with Crippen molar-refractivity contribution in [3.8, 4) is 0 Å². The van der Waals surface area contributed by atoms with Crippen LogP contribution in [-0.2, 0) is 13.0 Å². The van der Waals surface area contributed by atoms with Gasteiger partial charge in [0.15, 0.2) is 0 Å². The van der Waals surface area contributed by atoms with Gasteiger partial charge in [0.1, 0.15) is 0 Å². The molecule has 0 unspecified atom stereocenters. The molecule has 0 aliphatic carbocycles. The molecule has 0 radical (unpaired) electrons. The summed E-state index contributed by atoms with van der Waals surface area (Å²) in [6.07, 6.45) is 5.07. The Morgan fingerprint density at radius 3 is 2.68 bits per heavy atom. The van der Waals surface area contributed by atoms with Crippen LogP contribution >= 0.6 is 0 Å². The molecule has 0 aliphatic rings. The van der Waals surface area contributed by atoms with E-state index >= 15 is 0 Å². The van der Waals surface area contributed by atoms with Gasteiger partial charge in [0.25, 0.3) is 5.69 Å². The third kappa shape index (κ3) is 3.31. The van der Waals surface area contributed by atoms with Crippen LogP contribution in [0.1, 0.15) is 18.4 Å². The quantitative estimate of drug-likeness (QED) is 0.393. The largest absolute Gasteiger partial charge is 0.272 e. The summed E-state index contributed by atoms with van der Waals surface area (Å²) in [4.78, 5) is 10.4. The van der Waals surface area contributed by atoms with E-state index in [2.05, 4.69) is 29.4 Å². The van der Waals surface area contributed by atoms with E-state index in [1.54, 1.807) is 12.1 Å². The highest BCUT2D eigenvalue weighted by atomic mass is 16.6. The van der Waals surface area contributed by atoms with E-state index < -0.39 is 0 Å². The first-order valence-corrected chi connectivity index (χ1v) is 7.38. The van der Waals surface area contributed by atoms with Gasteiger partial charge in [-0.1, -0.05) is 30.3 Å².